The number of nitrogens with zero attached hydrogens (tertiary/aromatic N) is 1. The zero-order valence-corrected chi connectivity index (χ0v) is 14.3. The SMILES string of the molecule is C=CCCCCCCCC(=O)O[C@H](CC(=O)O)C[N+](C)(C)C. The average molecular weight is 314 g/mol. The van der Waals surface area contributed by atoms with E-state index in [0.717, 1.165) is 38.5 Å². The van der Waals surface area contributed by atoms with Gasteiger partial charge in [-0.05, 0) is 19.3 Å². The average Bonchev–Trinajstić information content (AvgIpc) is 2.34. The Morgan fingerprint density at radius 3 is 2.27 bits per heavy atom. The van der Waals surface area contributed by atoms with E-state index in [4.69, 9.17) is 9.84 Å². The van der Waals surface area contributed by atoms with Gasteiger partial charge in [0.1, 0.15) is 6.54 Å². The Balaban J connectivity index is 3.96. The summed E-state index contributed by atoms with van der Waals surface area (Å²) in [5.41, 5.74) is 0. The molecule has 0 spiro atoms. The highest BCUT2D eigenvalue weighted by atomic mass is 16.5. The van der Waals surface area contributed by atoms with E-state index in [1.165, 1.54) is 0 Å². The molecule has 0 amide bonds. The van der Waals surface area contributed by atoms with Crippen molar-refractivity contribution in [3.8, 4) is 0 Å². The van der Waals surface area contributed by atoms with Crippen molar-refractivity contribution in [3.63, 3.8) is 0 Å². The minimum absolute atomic E-state index is 0.136. The third-order valence-electron chi connectivity index (χ3n) is 3.24. The summed E-state index contributed by atoms with van der Waals surface area (Å²) in [6.45, 7) is 4.19. The number of esters is 1. The first-order chi connectivity index (χ1) is 10.2. The molecule has 5 nitrogen and oxygen atoms in total. The van der Waals surface area contributed by atoms with Crippen LogP contribution in [0.25, 0.3) is 0 Å². The lowest BCUT2D eigenvalue weighted by atomic mass is 10.1. The fourth-order valence-electron chi connectivity index (χ4n) is 2.28. The van der Waals surface area contributed by atoms with Crippen molar-refractivity contribution in [1.82, 2.24) is 0 Å². The van der Waals surface area contributed by atoms with E-state index in [1.807, 2.05) is 27.2 Å². The number of quaternary nitrogens is 1. The second-order valence-corrected chi connectivity index (χ2v) is 6.78. The molecule has 0 rings (SSSR count). The van der Waals surface area contributed by atoms with Gasteiger partial charge in [0.2, 0.25) is 0 Å². The highest BCUT2D eigenvalue weighted by molar-refractivity contribution is 5.71. The smallest absolute Gasteiger partial charge is 0.307 e. The van der Waals surface area contributed by atoms with E-state index in [2.05, 4.69) is 6.58 Å². The maximum Gasteiger partial charge on any atom is 0.307 e. The summed E-state index contributed by atoms with van der Waals surface area (Å²) < 4.78 is 5.90. The molecule has 128 valence electrons. The van der Waals surface area contributed by atoms with E-state index < -0.39 is 12.1 Å². The van der Waals surface area contributed by atoms with Crippen LogP contribution in [-0.2, 0) is 14.3 Å². The van der Waals surface area contributed by atoms with E-state index in [9.17, 15) is 9.59 Å². The maximum atomic E-state index is 11.8. The van der Waals surface area contributed by atoms with Crippen molar-refractivity contribution in [2.75, 3.05) is 27.7 Å². The van der Waals surface area contributed by atoms with Gasteiger partial charge >= 0.3 is 11.9 Å². The molecule has 0 fully saturated rings. The summed E-state index contributed by atoms with van der Waals surface area (Å²) in [5.74, 6) is -1.22. The van der Waals surface area contributed by atoms with Gasteiger partial charge in [0, 0.05) is 6.42 Å². The number of unbranched alkanes of at least 4 members (excludes halogenated alkanes) is 5. The largest absolute Gasteiger partial charge is 0.481 e. The Morgan fingerprint density at radius 2 is 1.73 bits per heavy atom. The van der Waals surface area contributed by atoms with Gasteiger partial charge in [-0.25, -0.2) is 0 Å². The summed E-state index contributed by atoms with van der Waals surface area (Å²) in [7, 11) is 5.85. The van der Waals surface area contributed by atoms with Crippen LogP contribution in [0.2, 0.25) is 0 Å². The van der Waals surface area contributed by atoms with Gasteiger partial charge in [0.15, 0.2) is 6.10 Å². The normalized spacial score (nSPS) is 12.7. The minimum Gasteiger partial charge on any atom is -0.481 e. The highest BCUT2D eigenvalue weighted by Gasteiger charge is 2.24. The van der Waals surface area contributed by atoms with Crippen molar-refractivity contribution in [1.29, 1.82) is 0 Å². The Hall–Kier alpha value is -1.36. The van der Waals surface area contributed by atoms with Gasteiger partial charge in [-0.2, -0.15) is 0 Å². The second kappa shape index (κ2) is 11.2. The summed E-state index contributed by atoms with van der Waals surface area (Å²) >= 11 is 0. The van der Waals surface area contributed by atoms with Crippen molar-refractivity contribution in [2.24, 2.45) is 0 Å². The molecule has 0 saturated carbocycles. The molecule has 0 bridgehead atoms. The number of carboxylic acid groups (broad SMARTS) is 1. The van der Waals surface area contributed by atoms with Gasteiger partial charge in [-0.3, -0.25) is 9.59 Å². The number of hydrogen-bond acceptors (Lipinski definition) is 3. The molecule has 0 aromatic rings. The molecule has 0 unspecified atom stereocenters. The van der Waals surface area contributed by atoms with Crippen LogP contribution in [-0.4, -0.2) is 55.3 Å². The first-order valence-corrected chi connectivity index (χ1v) is 8.07. The summed E-state index contributed by atoms with van der Waals surface area (Å²) in [6, 6.07) is 0. The lowest BCUT2D eigenvalue weighted by molar-refractivity contribution is -0.873. The number of rotatable bonds is 13. The molecule has 0 saturated heterocycles. The predicted octanol–water partition coefficient (Wildman–Crippen LogP) is 3.00. The second-order valence-electron chi connectivity index (χ2n) is 6.78. The number of carbonyl (C=O) groups is 2. The van der Waals surface area contributed by atoms with Crippen LogP contribution in [0.1, 0.15) is 51.4 Å². The van der Waals surface area contributed by atoms with Crippen LogP contribution in [0.3, 0.4) is 0 Å². The number of allylic oxidation sites excluding steroid dienone is 1. The lowest BCUT2D eigenvalue weighted by Crippen LogP contribution is -2.43. The van der Waals surface area contributed by atoms with Crippen LogP contribution in [0, 0.1) is 0 Å². The molecule has 5 heteroatoms. The molecule has 0 aliphatic carbocycles. The van der Waals surface area contributed by atoms with Gasteiger partial charge in [0.25, 0.3) is 0 Å². The zero-order valence-electron chi connectivity index (χ0n) is 14.3. The van der Waals surface area contributed by atoms with E-state index >= 15 is 0 Å². The molecule has 1 N–H and O–H groups in total. The van der Waals surface area contributed by atoms with Crippen LogP contribution < -0.4 is 0 Å². The van der Waals surface area contributed by atoms with E-state index in [1.54, 1.807) is 0 Å². The summed E-state index contributed by atoms with van der Waals surface area (Å²) in [4.78, 5) is 22.7. The Bertz CT molecular complexity index is 347. The van der Waals surface area contributed by atoms with E-state index in [-0.39, 0.29) is 12.4 Å². The first-order valence-electron chi connectivity index (χ1n) is 8.07. The molecular weight excluding hydrogens is 282 g/mol. The summed E-state index contributed by atoms with van der Waals surface area (Å²) in [6.07, 6.45) is 7.87. The fraction of sp³-hybridized carbons (Fsp3) is 0.765. The highest BCUT2D eigenvalue weighted by Crippen LogP contribution is 2.10. The third kappa shape index (κ3) is 13.6. The van der Waals surface area contributed by atoms with Gasteiger partial charge in [-0.15, -0.1) is 6.58 Å². The standard InChI is InChI=1S/C17H31NO4/c1-5-6-7-8-9-10-11-12-17(21)22-15(13-16(19)20)14-18(2,3)4/h5,15H,1,6-14H2,2-4H3/p+1/t15-/m1/s1. The number of aliphatic carboxylic acids is 1. The molecule has 0 aliphatic rings. The maximum absolute atomic E-state index is 11.8. The van der Waals surface area contributed by atoms with Gasteiger partial charge in [0.05, 0.1) is 27.6 Å². The summed E-state index contributed by atoms with van der Waals surface area (Å²) in [5, 5.41) is 8.91. The third-order valence-corrected chi connectivity index (χ3v) is 3.24. The van der Waals surface area contributed by atoms with Crippen molar-refractivity contribution in [3.05, 3.63) is 12.7 Å². The number of likely N-dealkylation sites (N-methyl/N-ethyl adjacent to an activating group) is 1. The molecule has 0 aromatic carbocycles. The van der Waals surface area contributed by atoms with Gasteiger partial charge < -0.3 is 14.3 Å². The van der Waals surface area contributed by atoms with Crippen LogP contribution in [0.4, 0.5) is 0 Å². The quantitative estimate of drug-likeness (QED) is 0.246. The number of hydrogen-bond donors (Lipinski definition) is 1. The molecule has 22 heavy (non-hydrogen) atoms. The van der Waals surface area contributed by atoms with Crippen LogP contribution in [0.5, 0.6) is 0 Å². The minimum atomic E-state index is -0.937. The lowest BCUT2D eigenvalue weighted by Gasteiger charge is -2.28. The van der Waals surface area contributed by atoms with Crippen molar-refractivity contribution in [2.45, 2.75) is 57.5 Å². The van der Waals surface area contributed by atoms with Gasteiger partial charge in [-0.1, -0.05) is 25.3 Å². The predicted molar refractivity (Wildman–Crippen MR) is 87.5 cm³/mol. The number of ether oxygens (including phenoxy) is 1. The number of carboxylic acids is 1. The monoisotopic (exact) mass is 314 g/mol. The zero-order chi connectivity index (χ0) is 17.0. The molecule has 0 heterocycles. The molecule has 1 atom stereocenters. The number of carbonyl (C=O) groups excluding carboxylic acids is 1. The van der Waals surface area contributed by atoms with Crippen molar-refractivity contribution < 1.29 is 23.9 Å². The van der Waals surface area contributed by atoms with Crippen LogP contribution >= 0.6 is 0 Å². The van der Waals surface area contributed by atoms with Crippen molar-refractivity contribution >= 4 is 11.9 Å². The topological polar surface area (TPSA) is 63.6 Å². The Kier molecular flexibility index (Phi) is 10.5. The fourth-order valence-corrected chi connectivity index (χ4v) is 2.28. The van der Waals surface area contributed by atoms with Crippen LogP contribution in [0.15, 0.2) is 12.7 Å². The first kappa shape index (κ1) is 20.6. The molecule has 0 aromatic heterocycles. The Labute approximate surface area is 134 Å². The van der Waals surface area contributed by atoms with E-state index in [0.29, 0.717) is 17.4 Å². The molecule has 0 radical (unpaired) electrons. The molecule has 0 aliphatic heterocycles. The molecular formula is C17H32NO4+. The Morgan fingerprint density at radius 1 is 1.14 bits per heavy atom.